The smallest absolute Gasteiger partial charge is 0.317 e. The molecule has 0 saturated carbocycles. The van der Waals surface area contributed by atoms with Crippen molar-refractivity contribution in [1.82, 2.24) is 29.9 Å². The Morgan fingerprint density at radius 2 is 0.905 bits per heavy atom. The number of amides is 4. The largest absolute Gasteiger partial charge is 0.348 e. The highest BCUT2D eigenvalue weighted by molar-refractivity contribution is 7.90. The number of urea groups is 2. The molecule has 6 heterocycles. The number of hydrogen-bond donors (Lipinski definition) is 4. The van der Waals surface area contributed by atoms with Gasteiger partial charge in [-0.2, -0.15) is 0 Å². The Hall–Kier alpha value is -4.88. The molecule has 8 atom stereocenters. The highest BCUT2D eigenvalue weighted by atomic mass is 32.2. The normalized spacial score (nSPS) is 28.2. The summed E-state index contributed by atoms with van der Waals surface area (Å²) in [6.07, 6.45) is -2.16. The Labute approximate surface area is 487 Å². The van der Waals surface area contributed by atoms with E-state index in [1.807, 2.05) is 0 Å². The summed E-state index contributed by atoms with van der Waals surface area (Å²) in [7, 11) is -8.78. The topological polar surface area (TPSA) is 354 Å². The summed E-state index contributed by atoms with van der Waals surface area (Å²) in [6, 6.07) is 8.39. The van der Waals surface area contributed by atoms with E-state index in [9.17, 15) is 46.7 Å². The SMILES string of the molecule is CC1(C)O[C@@H]2[C@@H](CO[C@]2(OCCCCN(CCN(CCCCO[C@]2([C@H]3COC(C)(C)O3)OC[C@H]3OC(C)(C)O[C@H]32)C(=O)NCCNS(=O)(=O)c2ccccc2[N+](=O)[O-])C(=O)NCCNS(=O)(=O)c2ccccc2[N+](=O)[O-])[C@H]2COC(C)(C)O2)O1. The molecule has 0 radical (unpaired) electrons. The first-order chi connectivity index (χ1) is 39.5. The van der Waals surface area contributed by atoms with Gasteiger partial charge in [0.05, 0.1) is 49.5 Å². The van der Waals surface area contributed by atoms with Crippen molar-refractivity contribution in [2.24, 2.45) is 0 Å². The number of fused-ring (bicyclic) bond motifs is 2. The van der Waals surface area contributed by atoms with Crippen molar-refractivity contribution in [2.45, 2.75) is 162 Å². The van der Waals surface area contributed by atoms with Crippen molar-refractivity contribution in [1.29, 1.82) is 0 Å². The van der Waals surface area contributed by atoms with Crippen LogP contribution in [-0.2, 0) is 76.9 Å². The average molecular weight is 1230 g/mol. The minimum absolute atomic E-state index is 0.0792. The second-order valence-electron chi connectivity index (χ2n) is 22.7. The zero-order valence-electron chi connectivity index (χ0n) is 48.4. The van der Waals surface area contributed by atoms with Crippen LogP contribution in [0.1, 0.15) is 81.1 Å². The molecule has 32 heteroatoms. The number of carbonyl (C=O) groups excluding carboxylic acids is 2. The molecular formula is C52H78N8O22S2. The van der Waals surface area contributed by atoms with Crippen molar-refractivity contribution < 1.29 is 93.1 Å². The van der Waals surface area contributed by atoms with E-state index in [0.717, 1.165) is 24.3 Å². The number of unbranched alkanes of at least 4 members (excludes halogenated alkanes) is 2. The average Bonchev–Trinajstić information content (AvgIpc) is 1.96. The molecule has 0 aromatic heterocycles. The molecular weight excluding hydrogens is 1150 g/mol. The van der Waals surface area contributed by atoms with Gasteiger partial charge in [-0.1, -0.05) is 24.3 Å². The van der Waals surface area contributed by atoms with Crippen LogP contribution >= 0.6 is 0 Å². The highest BCUT2D eigenvalue weighted by Crippen LogP contribution is 2.48. The zero-order chi connectivity index (χ0) is 60.9. The fourth-order valence-corrected chi connectivity index (χ4v) is 13.2. The number of nitrogens with zero attached hydrogens (tertiary/aromatic N) is 4. The number of hydrogen-bond acceptors (Lipinski definition) is 22. The van der Waals surface area contributed by atoms with Gasteiger partial charge in [0, 0.05) is 64.5 Å². The maximum atomic E-state index is 14.2. The first-order valence-corrected chi connectivity index (χ1v) is 30.9. The number of para-hydroxylation sites is 2. The van der Waals surface area contributed by atoms with Gasteiger partial charge in [0.2, 0.25) is 31.6 Å². The number of rotatable bonds is 29. The van der Waals surface area contributed by atoms with E-state index in [-0.39, 0.29) is 92.0 Å². The van der Waals surface area contributed by atoms with Crippen LogP contribution in [0.15, 0.2) is 58.3 Å². The molecule has 2 aromatic rings. The molecule has 6 fully saturated rings. The summed E-state index contributed by atoms with van der Waals surface area (Å²) in [5, 5.41) is 28.7. The van der Waals surface area contributed by atoms with E-state index in [4.69, 9.17) is 56.8 Å². The number of ether oxygens (including phenoxy) is 12. The van der Waals surface area contributed by atoms with Gasteiger partial charge in [0.15, 0.2) is 32.9 Å². The summed E-state index contributed by atoms with van der Waals surface area (Å²) in [6.45, 7) is 14.0. The van der Waals surface area contributed by atoms with Crippen LogP contribution in [0, 0.1) is 20.2 Å². The van der Waals surface area contributed by atoms with Gasteiger partial charge in [-0.25, -0.2) is 35.9 Å². The number of nitro benzene ring substituents is 2. The molecule has 84 heavy (non-hydrogen) atoms. The van der Waals surface area contributed by atoms with Gasteiger partial charge < -0.3 is 77.3 Å². The monoisotopic (exact) mass is 1230 g/mol. The first kappa shape index (κ1) is 65.1. The van der Waals surface area contributed by atoms with Gasteiger partial charge in [0.1, 0.15) is 36.6 Å². The molecule has 0 bridgehead atoms. The Morgan fingerprint density at radius 3 is 1.26 bits per heavy atom. The Balaban J connectivity index is 0.949. The first-order valence-electron chi connectivity index (χ1n) is 27.9. The van der Waals surface area contributed by atoms with E-state index in [1.165, 1.54) is 34.1 Å². The number of nitrogens with one attached hydrogen (secondary N) is 4. The van der Waals surface area contributed by atoms with E-state index < -0.39 is 134 Å². The maximum absolute atomic E-state index is 14.2. The Kier molecular flexibility index (Phi) is 20.3. The van der Waals surface area contributed by atoms with Crippen LogP contribution in [0.25, 0.3) is 0 Å². The molecule has 4 amide bonds. The lowest BCUT2D eigenvalue weighted by molar-refractivity contribution is -0.388. The maximum Gasteiger partial charge on any atom is 0.317 e. The van der Waals surface area contributed by atoms with Crippen LogP contribution in [0.5, 0.6) is 0 Å². The van der Waals surface area contributed by atoms with Crippen molar-refractivity contribution in [2.75, 3.05) is 92.0 Å². The molecule has 2 aromatic carbocycles. The fourth-order valence-electron chi connectivity index (χ4n) is 10.8. The lowest BCUT2D eigenvalue weighted by Crippen LogP contribution is -2.56. The Morgan fingerprint density at radius 1 is 0.524 bits per heavy atom. The molecule has 6 aliphatic heterocycles. The summed E-state index contributed by atoms with van der Waals surface area (Å²) in [5.41, 5.74) is -1.26. The second-order valence-corrected chi connectivity index (χ2v) is 26.2. The molecule has 470 valence electrons. The standard InChI is InChI=1S/C52H78N8O22S2/c1-47(2)73-33-41(79-47)51(43-37(31-75-51)77-49(5,6)81-43)71-29-15-13-25-57(45(61)53-21-23-55-83(67,68)39-19-11-9-17-35(39)59(63)64)27-28-58(46(62)54-22-24-56-84(69,70)40-20-12-10-18-36(40)60(65)66)26-14-16-30-72-52(42-34-74-48(3,4)80-42)44-38(32-76-52)78-50(7,8)82-44/h9-12,17-20,37-38,41-44,55-56H,13-16,21-34H2,1-8H3,(H,53,61)(H,54,62)/t37-,38-,41-,42-,43-,44-,51-,52-/m1/s1. The third kappa shape index (κ3) is 15.4. The van der Waals surface area contributed by atoms with E-state index in [0.29, 0.717) is 25.7 Å². The van der Waals surface area contributed by atoms with Gasteiger partial charge in [-0.05, 0) is 93.2 Å². The van der Waals surface area contributed by atoms with Gasteiger partial charge in [-0.3, -0.25) is 20.2 Å². The van der Waals surface area contributed by atoms with Crippen molar-refractivity contribution >= 4 is 43.5 Å². The van der Waals surface area contributed by atoms with E-state index in [2.05, 4.69) is 20.1 Å². The Bertz CT molecular complexity index is 2710. The minimum atomic E-state index is -4.39. The molecule has 0 unspecified atom stereocenters. The number of benzene rings is 2. The second kappa shape index (κ2) is 26.2. The van der Waals surface area contributed by atoms with Crippen molar-refractivity contribution in [3.05, 3.63) is 68.8 Å². The highest BCUT2D eigenvalue weighted by Gasteiger charge is 2.67. The van der Waals surface area contributed by atoms with E-state index >= 15 is 0 Å². The van der Waals surface area contributed by atoms with Gasteiger partial charge >= 0.3 is 12.1 Å². The van der Waals surface area contributed by atoms with Crippen LogP contribution < -0.4 is 20.1 Å². The van der Waals surface area contributed by atoms with Crippen LogP contribution in [0.2, 0.25) is 0 Å². The van der Waals surface area contributed by atoms with Crippen LogP contribution in [-0.4, -0.2) is 212 Å². The van der Waals surface area contributed by atoms with Gasteiger partial charge in [0.25, 0.3) is 11.4 Å². The number of sulfonamides is 2. The zero-order valence-corrected chi connectivity index (χ0v) is 50.0. The summed E-state index contributed by atoms with van der Waals surface area (Å²) < 4.78 is 132. The lowest BCUT2D eigenvalue weighted by atomic mass is 10.0. The lowest BCUT2D eigenvalue weighted by Gasteiger charge is -2.38. The minimum Gasteiger partial charge on any atom is -0.348 e. The molecule has 8 rings (SSSR count). The molecule has 0 spiro atoms. The summed E-state index contributed by atoms with van der Waals surface area (Å²) in [4.78, 5) is 51.7. The fraction of sp³-hybridized carbons (Fsp3) is 0.731. The predicted molar refractivity (Wildman–Crippen MR) is 292 cm³/mol. The van der Waals surface area contributed by atoms with Crippen molar-refractivity contribution in [3.63, 3.8) is 0 Å². The molecule has 6 saturated heterocycles. The third-order valence-electron chi connectivity index (χ3n) is 14.6. The molecule has 6 aliphatic rings. The van der Waals surface area contributed by atoms with Crippen LogP contribution in [0.3, 0.4) is 0 Å². The molecule has 0 aliphatic carbocycles. The predicted octanol–water partition coefficient (Wildman–Crippen LogP) is 3.17. The van der Waals surface area contributed by atoms with Crippen LogP contribution in [0.4, 0.5) is 21.0 Å². The number of carbonyl (C=O) groups is 2. The summed E-state index contributed by atoms with van der Waals surface area (Å²) in [5.74, 6) is -6.50. The van der Waals surface area contributed by atoms with Crippen molar-refractivity contribution in [3.8, 4) is 0 Å². The van der Waals surface area contributed by atoms with Gasteiger partial charge in [-0.15, -0.1) is 0 Å². The quantitative estimate of drug-likeness (QED) is 0.0516. The summed E-state index contributed by atoms with van der Waals surface area (Å²) >= 11 is 0. The number of nitro groups is 2. The van der Waals surface area contributed by atoms with E-state index in [1.54, 1.807) is 55.4 Å². The molecule has 30 nitrogen and oxygen atoms in total. The molecule has 4 N–H and O–H groups in total. The third-order valence-corrected chi connectivity index (χ3v) is 17.6.